The van der Waals surface area contributed by atoms with E-state index in [9.17, 15) is 14.4 Å². The summed E-state index contributed by atoms with van der Waals surface area (Å²) in [6.07, 6.45) is 0.178. The predicted molar refractivity (Wildman–Crippen MR) is 102 cm³/mol. The van der Waals surface area contributed by atoms with Crippen molar-refractivity contribution >= 4 is 40.8 Å². The molecule has 8 heteroatoms. The van der Waals surface area contributed by atoms with Gasteiger partial charge in [0.05, 0.1) is 36.1 Å². The smallest absolute Gasteiger partial charge is 0.337 e. The Balaban J connectivity index is 1.88. The van der Waals surface area contributed by atoms with Crippen molar-refractivity contribution in [2.75, 3.05) is 31.4 Å². The first-order valence-electron chi connectivity index (χ1n) is 8.04. The lowest BCUT2D eigenvalue weighted by Gasteiger charge is -2.10. The highest BCUT2D eigenvalue weighted by atomic mass is 35.5. The van der Waals surface area contributed by atoms with E-state index in [-0.39, 0.29) is 12.3 Å². The zero-order valence-corrected chi connectivity index (χ0v) is 15.6. The Bertz CT molecular complexity index is 836. The number of halogens is 1. The second kappa shape index (κ2) is 9.59. The van der Waals surface area contributed by atoms with Crippen LogP contribution in [0.1, 0.15) is 27.1 Å². The standard InChI is InChI=1S/C19H19ClN2O5/c1-26-18(24)12-3-6-14(7-4-12)21-10-9-17(23)22-16-11-13(19(25)27-2)5-8-15(16)20/h3-8,11,21H,9-10H2,1-2H3,(H,22,23). The molecule has 0 fully saturated rings. The Morgan fingerprint density at radius 3 is 2.15 bits per heavy atom. The molecule has 0 saturated heterocycles. The monoisotopic (exact) mass is 390 g/mol. The Kier molecular flexibility index (Phi) is 7.19. The predicted octanol–water partition coefficient (Wildman–Crippen LogP) is 3.35. The van der Waals surface area contributed by atoms with Crippen LogP contribution < -0.4 is 10.6 Å². The van der Waals surface area contributed by atoms with Gasteiger partial charge < -0.3 is 20.1 Å². The zero-order chi connectivity index (χ0) is 19.8. The van der Waals surface area contributed by atoms with Crippen LogP contribution in [0.5, 0.6) is 0 Å². The van der Waals surface area contributed by atoms with Crippen molar-refractivity contribution in [2.24, 2.45) is 0 Å². The van der Waals surface area contributed by atoms with Gasteiger partial charge in [-0.2, -0.15) is 0 Å². The molecule has 0 unspecified atom stereocenters. The molecule has 2 aromatic carbocycles. The van der Waals surface area contributed by atoms with Crippen molar-refractivity contribution in [3.05, 3.63) is 58.6 Å². The molecule has 0 aliphatic heterocycles. The third kappa shape index (κ3) is 5.72. The lowest BCUT2D eigenvalue weighted by molar-refractivity contribution is -0.115. The quantitative estimate of drug-likeness (QED) is 0.704. The molecule has 142 valence electrons. The topological polar surface area (TPSA) is 93.7 Å². The lowest BCUT2D eigenvalue weighted by Crippen LogP contribution is -2.17. The minimum Gasteiger partial charge on any atom is -0.465 e. The van der Waals surface area contributed by atoms with Gasteiger partial charge in [-0.25, -0.2) is 9.59 Å². The minimum atomic E-state index is -0.515. The van der Waals surface area contributed by atoms with Gasteiger partial charge in [0.2, 0.25) is 5.91 Å². The molecule has 0 spiro atoms. The highest BCUT2D eigenvalue weighted by Gasteiger charge is 2.11. The van der Waals surface area contributed by atoms with Gasteiger partial charge in [0.15, 0.2) is 0 Å². The summed E-state index contributed by atoms with van der Waals surface area (Å²) in [4.78, 5) is 35.0. The molecule has 0 bridgehead atoms. The summed E-state index contributed by atoms with van der Waals surface area (Å²) in [5.74, 6) is -1.19. The van der Waals surface area contributed by atoms with Crippen LogP contribution in [-0.4, -0.2) is 38.6 Å². The number of benzene rings is 2. The van der Waals surface area contributed by atoms with Crippen LogP contribution in [0.3, 0.4) is 0 Å². The lowest BCUT2D eigenvalue weighted by atomic mass is 10.2. The van der Waals surface area contributed by atoms with E-state index in [0.717, 1.165) is 5.69 Å². The highest BCUT2D eigenvalue weighted by Crippen LogP contribution is 2.23. The molecule has 0 saturated carbocycles. The van der Waals surface area contributed by atoms with Crippen LogP contribution in [0.15, 0.2) is 42.5 Å². The normalized spacial score (nSPS) is 10.0. The van der Waals surface area contributed by atoms with Gasteiger partial charge >= 0.3 is 11.9 Å². The Morgan fingerprint density at radius 2 is 1.52 bits per heavy atom. The fourth-order valence-electron chi connectivity index (χ4n) is 2.24. The molecule has 0 aliphatic rings. The zero-order valence-electron chi connectivity index (χ0n) is 14.9. The van der Waals surface area contributed by atoms with Crippen LogP contribution in [0.4, 0.5) is 11.4 Å². The molecule has 2 N–H and O–H groups in total. The van der Waals surface area contributed by atoms with Crippen molar-refractivity contribution in [2.45, 2.75) is 6.42 Å². The van der Waals surface area contributed by atoms with E-state index >= 15 is 0 Å². The van der Waals surface area contributed by atoms with Gasteiger partial charge in [-0.1, -0.05) is 11.6 Å². The average molecular weight is 391 g/mol. The van der Waals surface area contributed by atoms with Crippen molar-refractivity contribution in [3.8, 4) is 0 Å². The third-order valence-electron chi connectivity index (χ3n) is 3.65. The second-order valence-corrected chi connectivity index (χ2v) is 5.89. The first-order valence-corrected chi connectivity index (χ1v) is 8.42. The number of rotatable bonds is 7. The summed E-state index contributed by atoms with van der Waals surface area (Å²) in [6.45, 7) is 0.373. The van der Waals surface area contributed by atoms with E-state index < -0.39 is 11.9 Å². The fourth-order valence-corrected chi connectivity index (χ4v) is 2.41. The number of carbonyl (C=O) groups excluding carboxylic acids is 3. The van der Waals surface area contributed by atoms with E-state index in [2.05, 4.69) is 20.1 Å². The Morgan fingerprint density at radius 1 is 0.926 bits per heavy atom. The first-order chi connectivity index (χ1) is 12.9. The van der Waals surface area contributed by atoms with Crippen molar-refractivity contribution in [1.29, 1.82) is 0 Å². The molecular weight excluding hydrogens is 372 g/mol. The summed E-state index contributed by atoms with van der Waals surface area (Å²) >= 11 is 6.05. The number of hydrogen-bond acceptors (Lipinski definition) is 6. The maximum atomic E-state index is 12.1. The number of hydrogen-bond donors (Lipinski definition) is 2. The molecule has 0 aliphatic carbocycles. The molecular formula is C19H19ClN2O5. The fraction of sp³-hybridized carbons (Fsp3) is 0.211. The summed E-state index contributed by atoms with van der Waals surface area (Å²) in [5.41, 5.74) is 1.84. The van der Waals surface area contributed by atoms with Crippen LogP contribution >= 0.6 is 11.6 Å². The second-order valence-electron chi connectivity index (χ2n) is 5.48. The van der Waals surface area contributed by atoms with E-state index in [4.69, 9.17) is 11.6 Å². The van der Waals surface area contributed by atoms with E-state index in [1.807, 2.05) is 0 Å². The van der Waals surface area contributed by atoms with Crippen molar-refractivity contribution in [1.82, 2.24) is 0 Å². The molecule has 2 rings (SSSR count). The van der Waals surface area contributed by atoms with Crippen molar-refractivity contribution in [3.63, 3.8) is 0 Å². The molecule has 7 nitrogen and oxygen atoms in total. The van der Waals surface area contributed by atoms with Gasteiger partial charge in [0, 0.05) is 18.7 Å². The summed E-state index contributed by atoms with van der Waals surface area (Å²) < 4.78 is 9.28. The number of methoxy groups -OCH3 is 2. The summed E-state index contributed by atoms with van der Waals surface area (Å²) in [7, 11) is 2.60. The first kappa shape index (κ1) is 20.3. The number of amides is 1. The minimum absolute atomic E-state index is 0.178. The molecule has 0 atom stereocenters. The summed E-state index contributed by atoms with van der Waals surface area (Å²) in [5, 5.41) is 6.07. The number of nitrogens with one attached hydrogen (secondary N) is 2. The summed E-state index contributed by atoms with van der Waals surface area (Å²) in [6, 6.07) is 11.2. The maximum absolute atomic E-state index is 12.1. The molecule has 2 aromatic rings. The molecule has 0 heterocycles. The van der Waals surface area contributed by atoms with E-state index in [1.54, 1.807) is 24.3 Å². The van der Waals surface area contributed by atoms with Gasteiger partial charge in [-0.05, 0) is 42.5 Å². The van der Waals surface area contributed by atoms with Crippen LogP contribution in [0.25, 0.3) is 0 Å². The van der Waals surface area contributed by atoms with E-state index in [0.29, 0.717) is 28.4 Å². The highest BCUT2D eigenvalue weighted by molar-refractivity contribution is 6.33. The van der Waals surface area contributed by atoms with Gasteiger partial charge in [-0.15, -0.1) is 0 Å². The largest absolute Gasteiger partial charge is 0.465 e. The van der Waals surface area contributed by atoms with Crippen LogP contribution in [0, 0.1) is 0 Å². The number of esters is 2. The number of ether oxygens (including phenoxy) is 2. The number of anilines is 2. The molecule has 1 amide bonds. The van der Waals surface area contributed by atoms with Crippen LogP contribution in [0.2, 0.25) is 5.02 Å². The Hall–Kier alpha value is -3.06. The van der Waals surface area contributed by atoms with Crippen LogP contribution in [-0.2, 0) is 14.3 Å². The molecule has 27 heavy (non-hydrogen) atoms. The molecule has 0 radical (unpaired) electrons. The van der Waals surface area contributed by atoms with Crippen molar-refractivity contribution < 1.29 is 23.9 Å². The molecule has 0 aromatic heterocycles. The van der Waals surface area contributed by atoms with Gasteiger partial charge in [0.25, 0.3) is 0 Å². The van der Waals surface area contributed by atoms with Gasteiger partial charge in [0.1, 0.15) is 0 Å². The SMILES string of the molecule is COC(=O)c1ccc(NCCC(=O)Nc2cc(C(=O)OC)ccc2Cl)cc1. The maximum Gasteiger partial charge on any atom is 0.337 e. The van der Waals surface area contributed by atoms with Gasteiger partial charge in [-0.3, -0.25) is 4.79 Å². The Labute approximate surface area is 161 Å². The third-order valence-corrected chi connectivity index (χ3v) is 3.98. The van der Waals surface area contributed by atoms with E-state index in [1.165, 1.54) is 32.4 Å². The number of carbonyl (C=O) groups is 3. The average Bonchev–Trinajstić information content (AvgIpc) is 2.69.